The second-order valence-electron chi connectivity index (χ2n) is 8.91. The number of carbonyl (C=O) groups is 1. The molecule has 0 heterocycles. The first-order chi connectivity index (χ1) is 10.9. The summed E-state index contributed by atoms with van der Waals surface area (Å²) in [7, 11) is -9.28. The Bertz CT molecular complexity index is 421. The predicted octanol–water partition coefficient (Wildman–Crippen LogP) is 4.11. The Labute approximate surface area is 157 Å². The van der Waals surface area contributed by atoms with Crippen molar-refractivity contribution in [3.8, 4) is 0 Å². The van der Waals surface area contributed by atoms with Crippen LogP contribution in [0.5, 0.6) is 0 Å². The van der Waals surface area contributed by atoms with E-state index in [4.69, 9.17) is 21.5 Å². The molecule has 6 nitrogen and oxygen atoms in total. The zero-order valence-corrected chi connectivity index (χ0v) is 21.6. The quantitative estimate of drug-likeness (QED) is 0.215. The third-order valence-electron chi connectivity index (χ3n) is 2.24. The Kier molecular flexibility index (Phi) is 9.19. The van der Waals surface area contributed by atoms with Crippen molar-refractivity contribution in [2.45, 2.75) is 65.8 Å². The van der Waals surface area contributed by atoms with E-state index in [1.165, 1.54) is 0 Å². The first-order valence-corrected chi connectivity index (χ1v) is 20.4. The van der Waals surface area contributed by atoms with Crippen LogP contribution in [0.4, 0.5) is 0 Å². The standard InChI is InChI=1S/C15H36O6Si4/c1-14(2)15(16)17-12-13-18-25(19-22(3,4)5,20-23(6,7)8)21-24(9,10)11/h1,12-13H2,2-11H3. The van der Waals surface area contributed by atoms with Gasteiger partial charge in [0, 0.05) is 5.57 Å². The number of esters is 1. The molecule has 0 amide bonds. The highest BCUT2D eigenvalue weighted by molar-refractivity contribution is 6.87. The van der Waals surface area contributed by atoms with E-state index >= 15 is 0 Å². The van der Waals surface area contributed by atoms with Crippen LogP contribution in [0, 0.1) is 0 Å². The Morgan fingerprint density at radius 2 is 1.12 bits per heavy atom. The lowest BCUT2D eigenvalue weighted by atomic mass is 10.4. The molecular weight excluding hydrogens is 389 g/mol. The summed E-state index contributed by atoms with van der Waals surface area (Å²) in [6.45, 7) is 24.2. The van der Waals surface area contributed by atoms with Crippen LogP contribution in [0.25, 0.3) is 0 Å². The van der Waals surface area contributed by atoms with Crippen molar-refractivity contribution in [3.63, 3.8) is 0 Å². The van der Waals surface area contributed by atoms with Crippen molar-refractivity contribution in [1.82, 2.24) is 0 Å². The lowest BCUT2D eigenvalue weighted by Gasteiger charge is -2.40. The Balaban J connectivity index is 5.30. The SMILES string of the molecule is C=C(C)C(=O)OCCO[Si](O[Si](C)(C)C)(O[Si](C)(C)C)O[Si](C)(C)C. The summed E-state index contributed by atoms with van der Waals surface area (Å²) < 4.78 is 30.2. The summed E-state index contributed by atoms with van der Waals surface area (Å²) in [5, 5.41) is 0. The maximum Gasteiger partial charge on any atom is 0.647 e. The van der Waals surface area contributed by atoms with Gasteiger partial charge in [0.05, 0.1) is 6.61 Å². The fourth-order valence-corrected chi connectivity index (χ4v) is 13.4. The molecule has 0 aliphatic rings. The van der Waals surface area contributed by atoms with Gasteiger partial charge in [0.15, 0.2) is 25.0 Å². The molecule has 0 aromatic carbocycles. The van der Waals surface area contributed by atoms with E-state index in [9.17, 15) is 4.79 Å². The lowest BCUT2D eigenvalue weighted by molar-refractivity contribution is -0.140. The van der Waals surface area contributed by atoms with E-state index in [0.717, 1.165) is 0 Å². The number of hydrogen-bond donors (Lipinski definition) is 0. The van der Waals surface area contributed by atoms with E-state index in [-0.39, 0.29) is 13.2 Å². The third kappa shape index (κ3) is 12.8. The number of hydrogen-bond acceptors (Lipinski definition) is 6. The Morgan fingerprint density at radius 1 is 0.760 bits per heavy atom. The molecule has 0 aromatic heterocycles. The highest BCUT2D eigenvalue weighted by Crippen LogP contribution is 2.26. The zero-order valence-electron chi connectivity index (χ0n) is 17.6. The van der Waals surface area contributed by atoms with E-state index in [1.54, 1.807) is 6.92 Å². The highest BCUT2D eigenvalue weighted by Gasteiger charge is 2.53. The summed E-state index contributed by atoms with van der Waals surface area (Å²) in [5.41, 5.74) is 0.360. The molecule has 10 heteroatoms. The van der Waals surface area contributed by atoms with Gasteiger partial charge in [0.2, 0.25) is 0 Å². The lowest BCUT2D eigenvalue weighted by Crippen LogP contribution is -2.62. The van der Waals surface area contributed by atoms with Gasteiger partial charge in [-0.05, 0) is 65.8 Å². The van der Waals surface area contributed by atoms with E-state index in [1.807, 2.05) is 0 Å². The van der Waals surface area contributed by atoms with Crippen LogP contribution in [0.15, 0.2) is 12.2 Å². The normalized spacial score (nSPS) is 13.7. The summed E-state index contributed by atoms with van der Waals surface area (Å²) in [4.78, 5) is 11.5. The summed E-state index contributed by atoms with van der Waals surface area (Å²) in [5.74, 6) is -0.431. The second-order valence-corrected chi connectivity index (χ2v) is 25.3. The van der Waals surface area contributed by atoms with Crippen molar-refractivity contribution >= 4 is 40.0 Å². The maximum atomic E-state index is 11.5. The molecule has 0 saturated carbocycles. The summed E-state index contributed by atoms with van der Waals surface area (Å²) in [6, 6.07) is 0. The zero-order chi connectivity index (χ0) is 20.1. The molecule has 0 fully saturated rings. The predicted molar refractivity (Wildman–Crippen MR) is 111 cm³/mol. The Morgan fingerprint density at radius 3 is 1.40 bits per heavy atom. The van der Waals surface area contributed by atoms with Gasteiger partial charge in [0.25, 0.3) is 0 Å². The monoisotopic (exact) mass is 424 g/mol. The van der Waals surface area contributed by atoms with Crippen LogP contribution in [0.3, 0.4) is 0 Å². The molecule has 0 aliphatic heterocycles. The molecule has 0 saturated heterocycles. The smallest absolute Gasteiger partial charge is 0.460 e. The molecule has 0 rings (SSSR count). The first kappa shape index (κ1) is 24.9. The van der Waals surface area contributed by atoms with Gasteiger partial charge in [-0.2, -0.15) is 0 Å². The van der Waals surface area contributed by atoms with Gasteiger partial charge in [-0.3, -0.25) is 0 Å². The fourth-order valence-electron chi connectivity index (χ4n) is 1.70. The van der Waals surface area contributed by atoms with Crippen LogP contribution in [0.2, 0.25) is 58.9 Å². The minimum absolute atomic E-state index is 0.111. The van der Waals surface area contributed by atoms with Crippen molar-refractivity contribution in [2.75, 3.05) is 13.2 Å². The fraction of sp³-hybridized carbons (Fsp3) is 0.800. The maximum absolute atomic E-state index is 11.5. The highest BCUT2D eigenvalue weighted by atomic mass is 28.5. The average Bonchev–Trinajstić information content (AvgIpc) is 2.27. The minimum atomic E-state index is -3.33. The molecule has 0 N–H and O–H groups in total. The van der Waals surface area contributed by atoms with Crippen LogP contribution in [-0.4, -0.2) is 53.2 Å². The molecule has 0 aromatic rings. The number of rotatable bonds is 11. The molecular formula is C15H36O6Si4. The molecule has 148 valence electrons. The van der Waals surface area contributed by atoms with E-state index < -0.39 is 40.0 Å². The van der Waals surface area contributed by atoms with Crippen molar-refractivity contribution in [1.29, 1.82) is 0 Å². The molecule has 0 unspecified atom stereocenters. The van der Waals surface area contributed by atoms with E-state index in [2.05, 4.69) is 65.5 Å². The van der Waals surface area contributed by atoms with Crippen LogP contribution < -0.4 is 0 Å². The van der Waals surface area contributed by atoms with Crippen LogP contribution in [0.1, 0.15) is 6.92 Å². The summed E-state index contributed by atoms with van der Waals surface area (Å²) in [6.07, 6.45) is 0. The largest absolute Gasteiger partial charge is 0.647 e. The minimum Gasteiger partial charge on any atom is -0.460 e. The molecule has 0 bridgehead atoms. The second kappa shape index (κ2) is 9.22. The van der Waals surface area contributed by atoms with Crippen molar-refractivity contribution in [3.05, 3.63) is 12.2 Å². The Hall–Kier alpha value is -0.0825. The number of carbonyl (C=O) groups excluding carboxylic acids is 1. The van der Waals surface area contributed by atoms with Gasteiger partial charge < -0.3 is 21.5 Å². The third-order valence-corrected chi connectivity index (χ3v) is 13.1. The number of ether oxygens (including phenoxy) is 1. The van der Waals surface area contributed by atoms with Gasteiger partial charge in [-0.25, -0.2) is 4.79 Å². The van der Waals surface area contributed by atoms with Gasteiger partial charge >= 0.3 is 15.0 Å². The van der Waals surface area contributed by atoms with Crippen molar-refractivity contribution in [2.24, 2.45) is 0 Å². The van der Waals surface area contributed by atoms with Gasteiger partial charge in [-0.15, -0.1) is 0 Å². The summed E-state index contributed by atoms with van der Waals surface area (Å²) >= 11 is 0. The molecule has 0 aliphatic carbocycles. The molecule has 0 atom stereocenters. The van der Waals surface area contributed by atoms with E-state index in [0.29, 0.717) is 5.57 Å². The average molecular weight is 425 g/mol. The van der Waals surface area contributed by atoms with Gasteiger partial charge in [0.1, 0.15) is 6.61 Å². The van der Waals surface area contributed by atoms with Crippen LogP contribution >= 0.6 is 0 Å². The molecule has 0 spiro atoms. The van der Waals surface area contributed by atoms with Gasteiger partial charge in [-0.1, -0.05) is 6.58 Å². The topological polar surface area (TPSA) is 63.2 Å². The molecule has 0 radical (unpaired) electrons. The molecule has 25 heavy (non-hydrogen) atoms. The van der Waals surface area contributed by atoms with Crippen molar-refractivity contribution < 1.29 is 26.3 Å². The first-order valence-electron chi connectivity index (χ1n) is 8.52. The van der Waals surface area contributed by atoms with Crippen LogP contribution in [-0.2, 0) is 26.3 Å².